The maximum Gasteiger partial charge on any atom is 0.408 e. The van der Waals surface area contributed by atoms with E-state index in [-0.39, 0.29) is 18.1 Å². The largest absolute Gasteiger partial charge is 0.504 e. The van der Waals surface area contributed by atoms with Crippen molar-refractivity contribution < 1.29 is 24.5 Å². The monoisotopic (exact) mass is 283 g/mol. The number of methoxy groups -OCH3 is 1. The molecule has 0 heterocycles. The summed E-state index contributed by atoms with van der Waals surface area (Å²) in [4.78, 5) is 11.7. The number of aromatic hydroxyl groups is 1. The summed E-state index contributed by atoms with van der Waals surface area (Å²) in [6.45, 7) is 4.96. The predicted octanol–water partition coefficient (Wildman–Crippen LogP) is 1.96. The van der Waals surface area contributed by atoms with Crippen molar-refractivity contribution in [2.75, 3.05) is 13.7 Å². The van der Waals surface area contributed by atoms with Gasteiger partial charge in [-0.2, -0.15) is 0 Å². The predicted molar refractivity (Wildman–Crippen MR) is 73.9 cm³/mol. The van der Waals surface area contributed by atoms with Crippen molar-refractivity contribution >= 4 is 6.09 Å². The molecule has 20 heavy (non-hydrogen) atoms. The third-order valence-electron chi connectivity index (χ3n) is 2.48. The highest BCUT2D eigenvalue weighted by Crippen LogP contribution is 2.28. The molecule has 0 saturated heterocycles. The number of nitrogens with one attached hydrogen (secondary N) is 1. The van der Waals surface area contributed by atoms with Crippen molar-refractivity contribution in [3.8, 4) is 11.5 Å². The average Bonchev–Trinajstić information content (AvgIpc) is 2.34. The molecule has 1 amide bonds. The van der Waals surface area contributed by atoms with Gasteiger partial charge in [0.05, 0.1) is 19.8 Å². The Morgan fingerprint density at radius 2 is 2.05 bits per heavy atom. The Kier molecular flexibility index (Phi) is 5.21. The van der Waals surface area contributed by atoms with E-state index in [0.29, 0.717) is 5.56 Å². The van der Waals surface area contributed by atoms with Crippen molar-refractivity contribution in [1.82, 2.24) is 5.32 Å². The Hall–Kier alpha value is -1.95. The lowest BCUT2D eigenvalue weighted by atomic mass is 10.1. The quantitative estimate of drug-likeness (QED) is 0.786. The van der Waals surface area contributed by atoms with Crippen LogP contribution in [0.5, 0.6) is 11.5 Å². The molecule has 1 aromatic rings. The van der Waals surface area contributed by atoms with E-state index in [4.69, 9.17) is 9.47 Å². The molecule has 0 radical (unpaired) electrons. The molecule has 6 heteroatoms. The molecule has 1 atom stereocenters. The van der Waals surface area contributed by atoms with Crippen LogP contribution in [-0.4, -0.2) is 35.6 Å². The number of amides is 1. The molecule has 0 fully saturated rings. The van der Waals surface area contributed by atoms with E-state index < -0.39 is 17.7 Å². The van der Waals surface area contributed by atoms with Gasteiger partial charge in [-0.3, -0.25) is 0 Å². The highest BCUT2D eigenvalue weighted by atomic mass is 16.6. The van der Waals surface area contributed by atoms with Crippen LogP contribution in [0.1, 0.15) is 32.4 Å². The summed E-state index contributed by atoms with van der Waals surface area (Å²) in [6.07, 6.45) is -0.622. The zero-order chi connectivity index (χ0) is 15.3. The third-order valence-corrected chi connectivity index (χ3v) is 2.48. The van der Waals surface area contributed by atoms with E-state index in [0.717, 1.165) is 0 Å². The molecule has 0 aromatic heterocycles. The normalized spacial score (nSPS) is 12.7. The van der Waals surface area contributed by atoms with E-state index in [1.807, 2.05) is 0 Å². The number of ether oxygens (including phenoxy) is 2. The Labute approximate surface area is 118 Å². The highest BCUT2D eigenvalue weighted by Gasteiger charge is 2.20. The number of phenolic OH excluding ortho intramolecular Hbond substituents is 1. The third kappa shape index (κ3) is 4.62. The van der Waals surface area contributed by atoms with Crippen LogP contribution in [0.4, 0.5) is 4.79 Å². The lowest BCUT2D eigenvalue weighted by molar-refractivity contribution is 0.0481. The number of alkyl carbamates (subject to hydrolysis) is 1. The lowest BCUT2D eigenvalue weighted by Gasteiger charge is -2.23. The number of carbonyl (C=O) groups is 1. The fourth-order valence-corrected chi connectivity index (χ4v) is 1.60. The second-order valence-corrected chi connectivity index (χ2v) is 5.31. The number of hydrogen-bond donors (Lipinski definition) is 3. The molecule has 1 unspecified atom stereocenters. The number of aliphatic hydroxyl groups excluding tert-OH is 1. The van der Waals surface area contributed by atoms with Crippen molar-refractivity contribution in [3.63, 3.8) is 0 Å². The molecule has 0 aliphatic carbocycles. The highest BCUT2D eigenvalue weighted by molar-refractivity contribution is 5.68. The summed E-state index contributed by atoms with van der Waals surface area (Å²) in [5.74, 6) is 0.261. The molecule has 0 saturated carbocycles. The standard InChI is InChI=1S/C14H21NO5/c1-14(2,3)20-13(18)15-10(8-16)9-5-6-11(17)12(7-9)19-4/h5-7,10,16-17H,8H2,1-4H3,(H,15,18). The number of aliphatic hydroxyl groups is 1. The number of hydrogen-bond acceptors (Lipinski definition) is 5. The molecule has 112 valence electrons. The topological polar surface area (TPSA) is 88.0 Å². The summed E-state index contributed by atoms with van der Waals surface area (Å²) in [6, 6.07) is 3.94. The molecular formula is C14H21NO5. The second kappa shape index (κ2) is 6.47. The Bertz CT molecular complexity index is 467. The Morgan fingerprint density at radius 1 is 1.40 bits per heavy atom. The van der Waals surface area contributed by atoms with E-state index in [1.165, 1.54) is 13.2 Å². The van der Waals surface area contributed by atoms with Gasteiger partial charge in [-0.05, 0) is 38.5 Å². The number of carbonyl (C=O) groups excluding carboxylic acids is 1. The maximum atomic E-state index is 11.7. The summed E-state index contributed by atoms with van der Waals surface area (Å²) in [7, 11) is 1.42. The summed E-state index contributed by atoms with van der Waals surface area (Å²) < 4.78 is 10.1. The first-order valence-corrected chi connectivity index (χ1v) is 6.24. The number of benzene rings is 1. The van der Waals surface area contributed by atoms with Crippen LogP contribution in [0.2, 0.25) is 0 Å². The smallest absolute Gasteiger partial charge is 0.408 e. The molecular weight excluding hydrogens is 262 g/mol. The van der Waals surface area contributed by atoms with Gasteiger partial charge in [0.2, 0.25) is 0 Å². The van der Waals surface area contributed by atoms with Gasteiger partial charge < -0.3 is 25.0 Å². The summed E-state index contributed by atoms with van der Waals surface area (Å²) in [5.41, 5.74) is -0.00971. The SMILES string of the molecule is COc1cc(C(CO)NC(=O)OC(C)(C)C)ccc1O. The first-order chi connectivity index (χ1) is 9.26. The van der Waals surface area contributed by atoms with Gasteiger partial charge in [0.15, 0.2) is 11.5 Å². The Balaban J connectivity index is 2.83. The van der Waals surface area contributed by atoms with Crippen molar-refractivity contribution in [2.24, 2.45) is 0 Å². The zero-order valence-electron chi connectivity index (χ0n) is 12.1. The molecule has 0 bridgehead atoms. The van der Waals surface area contributed by atoms with Gasteiger partial charge in [0.25, 0.3) is 0 Å². The minimum absolute atomic E-state index is 0.00907. The molecule has 3 N–H and O–H groups in total. The van der Waals surface area contributed by atoms with Crippen LogP contribution in [0.3, 0.4) is 0 Å². The number of rotatable bonds is 4. The van der Waals surface area contributed by atoms with E-state index >= 15 is 0 Å². The van der Waals surface area contributed by atoms with E-state index in [1.54, 1.807) is 32.9 Å². The van der Waals surface area contributed by atoms with Gasteiger partial charge in [-0.1, -0.05) is 6.07 Å². The second-order valence-electron chi connectivity index (χ2n) is 5.31. The zero-order valence-corrected chi connectivity index (χ0v) is 12.1. The molecule has 0 aliphatic rings. The van der Waals surface area contributed by atoms with E-state index in [9.17, 15) is 15.0 Å². The van der Waals surface area contributed by atoms with Gasteiger partial charge >= 0.3 is 6.09 Å². The van der Waals surface area contributed by atoms with Gasteiger partial charge in [0, 0.05) is 0 Å². The Morgan fingerprint density at radius 3 is 2.55 bits per heavy atom. The molecule has 0 spiro atoms. The first kappa shape index (κ1) is 16.1. The van der Waals surface area contributed by atoms with Gasteiger partial charge in [-0.15, -0.1) is 0 Å². The minimum atomic E-state index is -0.639. The van der Waals surface area contributed by atoms with Gasteiger partial charge in [0.1, 0.15) is 5.60 Å². The lowest BCUT2D eigenvalue weighted by Crippen LogP contribution is -2.36. The van der Waals surface area contributed by atoms with Crippen LogP contribution < -0.4 is 10.1 Å². The van der Waals surface area contributed by atoms with Crippen molar-refractivity contribution in [1.29, 1.82) is 0 Å². The molecule has 1 rings (SSSR count). The number of phenols is 1. The molecule has 6 nitrogen and oxygen atoms in total. The molecule has 0 aliphatic heterocycles. The van der Waals surface area contributed by atoms with Crippen molar-refractivity contribution in [2.45, 2.75) is 32.4 Å². The van der Waals surface area contributed by atoms with Crippen LogP contribution in [0.25, 0.3) is 0 Å². The summed E-state index contributed by atoms with van der Waals surface area (Å²) >= 11 is 0. The fourth-order valence-electron chi connectivity index (χ4n) is 1.60. The van der Waals surface area contributed by atoms with Crippen LogP contribution in [-0.2, 0) is 4.74 Å². The van der Waals surface area contributed by atoms with Crippen LogP contribution in [0.15, 0.2) is 18.2 Å². The van der Waals surface area contributed by atoms with Crippen LogP contribution >= 0.6 is 0 Å². The first-order valence-electron chi connectivity index (χ1n) is 6.24. The fraction of sp³-hybridized carbons (Fsp3) is 0.500. The maximum absolute atomic E-state index is 11.7. The average molecular weight is 283 g/mol. The van der Waals surface area contributed by atoms with Gasteiger partial charge in [-0.25, -0.2) is 4.79 Å². The minimum Gasteiger partial charge on any atom is -0.504 e. The van der Waals surface area contributed by atoms with Crippen LogP contribution in [0, 0.1) is 0 Å². The van der Waals surface area contributed by atoms with Crippen molar-refractivity contribution in [3.05, 3.63) is 23.8 Å². The summed E-state index contributed by atoms with van der Waals surface area (Å²) in [5, 5.41) is 21.5. The molecule has 1 aromatic carbocycles. The van der Waals surface area contributed by atoms with E-state index in [2.05, 4.69) is 5.32 Å².